The summed E-state index contributed by atoms with van der Waals surface area (Å²) in [6.07, 6.45) is 0.930. The fraction of sp³-hybridized carbons (Fsp3) is 0.611. The number of amides is 1. The van der Waals surface area contributed by atoms with Gasteiger partial charge in [0.2, 0.25) is 10.0 Å². The molecule has 144 valence electrons. The number of rotatable bonds is 6. The van der Waals surface area contributed by atoms with Crippen molar-refractivity contribution >= 4 is 15.9 Å². The van der Waals surface area contributed by atoms with E-state index < -0.39 is 10.0 Å². The maximum atomic E-state index is 12.7. The van der Waals surface area contributed by atoms with E-state index in [-0.39, 0.29) is 16.2 Å². The number of ether oxygens (including phenoxy) is 1. The van der Waals surface area contributed by atoms with Gasteiger partial charge in [-0.2, -0.15) is 0 Å². The van der Waals surface area contributed by atoms with Crippen molar-refractivity contribution in [2.75, 3.05) is 46.9 Å². The van der Waals surface area contributed by atoms with Crippen molar-refractivity contribution in [3.63, 3.8) is 0 Å². The smallest absolute Gasteiger partial charge is 0.253 e. The van der Waals surface area contributed by atoms with Crippen LogP contribution in [0.1, 0.15) is 23.7 Å². The van der Waals surface area contributed by atoms with Crippen molar-refractivity contribution in [2.24, 2.45) is 5.41 Å². The molecule has 1 N–H and O–H groups in total. The Morgan fingerprint density at radius 1 is 1.38 bits per heavy atom. The van der Waals surface area contributed by atoms with Crippen LogP contribution >= 0.6 is 0 Å². The van der Waals surface area contributed by atoms with Crippen LogP contribution < -0.4 is 4.72 Å². The maximum absolute atomic E-state index is 12.7. The minimum atomic E-state index is -3.66. The molecule has 2 fully saturated rings. The minimum absolute atomic E-state index is 0.120. The Hall–Kier alpha value is -1.48. The predicted molar refractivity (Wildman–Crippen MR) is 98.6 cm³/mol. The number of likely N-dealkylation sites (tertiary alicyclic amines) is 1. The van der Waals surface area contributed by atoms with Crippen molar-refractivity contribution in [3.8, 4) is 0 Å². The Morgan fingerprint density at radius 2 is 2.12 bits per heavy atom. The van der Waals surface area contributed by atoms with E-state index in [1.165, 1.54) is 12.1 Å². The van der Waals surface area contributed by atoms with Gasteiger partial charge in [-0.05, 0) is 38.7 Å². The van der Waals surface area contributed by atoms with Gasteiger partial charge in [0.05, 0.1) is 18.1 Å². The Balaban J connectivity index is 1.70. The fourth-order valence-corrected chi connectivity index (χ4v) is 4.48. The van der Waals surface area contributed by atoms with Gasteiger partial charge in [-0.25, -0.2) is 13.1 Å². The SMILES string of the molecule is CN(C)[C@H]1CCN(C(=O)c2cccc(S(=O)(=O)NCC3(C)COC3)c2)C1. The van der Waals surface area contributed by atoms with Crippen molar-refractivity contribution in [3.05, 3.63) is 29.8 Å². The van der Waals surface area contributed by atoms with E-state index >= 15 is 0 Å². The third-order valence-corrected chi connectivity index (χ3v) is 6.56. The summed E-state index contributed by atoms with van der Waals surface area (Å²) in [7, 11) is 0.352. The number of nitrogens with zero attached hydrogens (tertiary/aromatic N) is 2. The average Bonchev–Trinajstić information content (AvgIpc) is 3.08. The summed E-state index contributed by atoms with van der Waals surface area (Å²) in [6, 6.07) is 6.62. The molecule has 1 amide bonds. The highest BCUT2D eigenvalue weighted by Crippen LogP contribution is 2.26. The van der Waals surface area contributed by atoms with Gasteiger partial charge in [-0.15, -0.1) is 0 Å². The molecule has 0 aromatic heterocycles. The second-order valence-corrected chi connectivity index (χ2v) is 9.58. The molecule has 0 saturated carbocycles. The number of carbonyl (C=O) groups excluding carboxylic acids is 1. The normalized spacial score (nSPS) is 22.5. The second-order valence-electron chi connectivity index (χ2n) is 7.81. The summed E-state index contributed by atoms with van der Waals surface area (Å²) in [5.41, 5.74) is 0.252. The number of sulfonamides is 1. The van der Waals surface area contributed by atoms with E-state index in [0.717, 1.165) is 6.42 Å². The molecule has 0 spiro atoms. The van der Waals surface area contributed by atoms with E-state index in [4.69, 9.17) is 4.74 Å². The van der Waals surface area contributed by atoms with Crippen molar-refractivity contribution in [1.29, 1.82) is 0 Å². The molecule has 7 nitrogen and oxygen atoms in total. The highest BCUT2D eigenvalue weighted by Gasteiger charge is 2.35. The number of benzene rings is 1. The van der Waals surface area contributed by atoms with Crippen molar-refractivity contribution in [2.45, 2.75) is 24.3 Å². The van der Waals surface area contributed by atoms with Crippen LogP contribution in [0.4, 0.5) is 0 Å². The molecule has 3 rings (SSSR count). The zero-order valence-electron chi connectivity index (χ0n) is 15.6. The largest absolute Gasteiger partial charge is 0.380 e. The van der Waals surface area contributed by atoms with Gasteiger partial charge < -0.3 is 14.5 Å². The van der Waals surface area contributed by atoms with E-state index in [1.807, 2.05) is 21.0 Å². The van der Waals surface area contributed by atoms with Gasteiger partial charge in [-0.1, -0.05) is 13.0 Å². The van der Waals surface area contributed by atoms with Crippen LogP contribution in [-0.4, -0.2) is 77.1 Å². The molecule has 0 radical (unpaired) electrons. The fourth-order valence-electron chi connectivity index (χ4n) is 3.23. The summed E-state index contributed by atoms with van der Waals surface area (Å²) < 4.78 is 32.9. The molecule has 0 unspecified atom stereocenters. The second kappa shape index (κ2) is 7.26. The van der Waals surface area contributed by atoms with Gasteiger partial charge in [0.15, 0.2) is 0 Å². The molecule has 2 saturated heterocycles. The topological polar surface area (TPSA) is 79.0 Å². The van der Waals surface area contributed by atoms with Gasteiger partial charge >= 0.3 is 0 Å². The van der Waals surface area contributed by atoms with E-state index in [2.05, 4.69) is 9.62 Å². The first-order valence-corrected chi connectivity index (χ1v) is 10.3. The standard InChI is InChI=1S/C18H27N3O4S/c1-18(12-25-13-18)11-19-26(23,24)16-6-4-5-14(9-16)17(22)21-8-7-15(10-21)20(2)3/h4-6,9,15,19H,7-8,10-13H2,1-3H3/t15-/m0/s1. The average molecular weight is 381 g/mol. The number of nitrogens with one attached hydrogen (secondary N) is 1. The first-order valence-electron chi connectivity index (χ1n) is 8.83. The molecule has 8 heteroatoms. The Kier molecular flexibility index (Phi) is 5.39. The van der Waals surface area contributed by atoms with Crippen LogP contribution in [0.3, 0.4) is 0 Å². The van der Waals surface area contributed by atoms with Gasteiger partial charge in [0, 0.05) is 36.7 Å². The van der Waals surface area contributed by atoms with Crippen molar-refractivity contribution < 1.29 is 17.9 Å². The molecule has 1 aromatic carbocycles. The zero-order valence-corrected chi connectivity index (χ0v) is 16.4. The van der Waals surface area contributed by atoms with Crippen LogP contribution in [0.5, 0.6) is 0 Å². The first kappa shape index (κ1) is 19.3. The van der Waals surface area contributed by atoms with E-state index in [0.29, 0.717) is 44.5 Å². The number of likely N-dealkylation sites (N-methyl/N-ethyl adjacent to an activating group) is 1. The monoisotopic (exact) mass is 381 g/mol. The van der Waals surface area contributed by atoms with Crippen LogP contribution in [-0.2, 0) is 14.8 Å². The van der Waals surface area contributed by atoms with Crippen LogP contribution in [0.15, 0.2) is 29.2 Å². The maximum Gasteiger partial charge on any atom is 0.253 e. The zero-order chi connectivity index (χ0) is 18.9. The molecule has 0 aliphatic carbocycles. The van der Waals surface area contributed by atoms with Crippen LogP contribution in [0.25, 0.3) is 0 Å². The third-order valence-electron chi connectivity index (χ3n) is 5.16. The van der Waals surface area contributed by atoms with Crippen molar-refractivity contribution in [1.82, 2.24) is 14.5 Å². The molecule has 2 aliphatic rings. The Morgan fingerprint density at radius 3 is 2.69 bits per heavy atom. The molecular formula is C18H27N3O4S. The first-order chi connectivity index (χ1) is 12.2. The van der Waals surface area contributed by atoms with Crippen LogP contribution in [0.2, 0.25) is 0 Å². The quantitative estimate of drug-likeness (QED) is 0.788. The molecular weight excluding hydrogens is 354 g/mol. The molecule has 26 heavy (non-hydrogen) atoms. The van der Waals surface area contributed by atoms with Gasteiger partial charge in [0.25, 0.3) is 5.91 Å². The third kappa shape index (κ3) is 4.09. The summed E-state index contributed by atoms with van der Waals surface area (Å²) in [5, 5.41) is 0. The molecule has 2 heterocycles. The molecule has 1 aromatic rings. The Labute approximate surface area is 155 Å². The number of hydrogen-bond acceptors (Lipinski definition) is 5. The molecule has 2 aliphatic heterocycles. The summed E-state index contributed by atoms with van der Waals surface area (Å²) in [6.45, 7) is 4.76. The highest BCUT2D eigenvalue weighted by atomic mass is 32.2. The van der Waals surface area contributed by atoms with E-state index in [9.17, 15) is 13.2 Å². The predicted octanol–water partition coefficient (Wildman–Crippen LogP) is 0.778. The van der Waals surface area contributed by atoms with Crippen LogP contribution in [0, 0.1) is 5.41 Å². The lowest BCUT2D eigenvalue weighted by Gasteiger charge is -2.37. The summed E-state index contributed by atoms with van der Waals surface area (Å²) in [4.78, 5) is 16.8. The lowest BCUT2D eigenvalue weighted by Crippen LogP contribution is -2.48. The minimum Gasteiger partial charge on any atom is -0.380 e. The Bertz CT molecular complexity index is 774. The summed E-state index contributed by atoms with van der Waals surface area (Å²) >= 11 is 0. The summed E-state index contributed by atoms with van der Waals surface area (Å²) in [5.74, 6) is -0.120. The molecule has 0 bridgehead atoms. The van der Waals surface area contributed by atoms with E-state index in [1.54, 1.807) is 17.0 Å². The number of carbonyl (C=O) groups is 1. The number of hydrogen-bond donors (Lipinski definition) is 1. The highest BCUT2D eigenvalue weighted by molar-refractivity contribution is 7.89. The van der Waals surface area contributed by atoms with Gasteiger partial charge in [0.1, 0.15) is 0 Å². The van der Waals surface area contributed by atoms with Gasteiger partial charge in [-0.3, -0.25) is 4.79 Å². The lowest BCUT2D eigenvalue weighted by molar-refractivity contribution is -0.0965. The molecule has 1 atom stereocenters. The lowest BCUT2D eigenvalue weighted by atomic mass is 9.89.